The second kappa shape index (κ2) is 4.74. The van der Waals surface area contributed by atoms with E-state index in [1.54, 1.807) is 0 Å². The molecule has 0 saturated carbocycles. The molecule has 5 nitrogen and oxygen atoms in total. The van der Waals surface area contributed by atoms with Gasteiger partial charge in [0.2, 0.25) is 5.75 Å². The quantitative estimate of drug-likeness (QED) is 0.481. The summed E-state index contributed by atoms with van der Waals surface area (Å²) in [6, 6.07) is 1.20. The Morgan fingerprint density at radius 3 is 2.59 bits per heavy atom. The van der Waals surface area contributed by atoms with E-state index in [0.29, 0.717) is 0 Å². The summed E-state index contributed by atoms with van der Waals surface area (Å²) in [6.07, 6.45) is -5.04. The smallest absolute Gasteiger partial charge is 0.396 e. The first-order chi connectivity index (χ1) is 7.74. The van der Waals surface area contributed by atoms with Crippen LogP contribution in [0.5, 0.6) is 5.75 Å². The first kappa shape index (κ1) is 13.5. The first-order valence-corrected chi connectivity index (χ1v) is 4.74. The van der Waals surface area contributed by atoms with E-state index in [4.69, 9.17) is 11.6 Å². The van der Waals surface area contributed by atoms with Crippen molar-refractivity contribution in [1.82, 2.24) is 4.98 Å². The molecular formula is C8H6ClF3N2O3. The Hall–Kier alpha value is -1.57. The van der Waals surface area contributed by atoms with Crippen molar-refractivity contribution in [3.63, 3.8) is 0 Å². The van der Waals surface area contributed by atoms with Crippen molar-refractivity contribution in [2.45, 2.75) is 19.2 Å². The fourth-order valence-corrected chi connectivity index (χ4v) is 1.36. The van der Waals surface area contributed by atoms with Crippen molar-refractivity contribution >= 4 is 17.4 Å². The zero-order valence-corrected chi connectivity index (χ0v) is 9.17. The average Bonchev–Trinajstić information content (AvgIpc) is 2.17. The number of nitrogens with zero attached hydrogens (tertiary/aromatic N) is 2. The Balaban J connectivity index is 3.37. The van der Waals surface area contributed by atoms with Gasteiger partial charge in [-0.3, -0.25) is 0 Å². The molecule has 1 heterocycles. The van der Waals surface area contributed by atoms with Crippen LogP contribution in [-0.2, 0) is 5.88 Å². The number of aromatic nitrogens is 1. The van der Waals surface area contributed by atoms with Gasteiger partial charge in [0.25, 0.3) is 0 Å². The lowest BCUT2D eigenvalue weighted by molar-refractivity contribution is -0.393. The molecule has 0 amide bonds. The van der Waals surface area contributed by atoms with Crippen molar-refractivity contribution < 1.29 is 22.8 Å². The summed E-state index contributed by atoms with van der Waals surface area (Å²) in [4.78, 5) is 12.9. The number of halogens is 4. The third-order valence-electron chi connectivity index (χ3n) is 1.69. The summed E-state index contributed by atoms with van der Waals surface area (Å²) in [6.45, 7) is 1.40. The third-order valence-corrected chi connectivity index (χ3v) is 1.98. The molecule has 0 aromatic carbocycles. The van der Waals surface area contributed by atoms with Crippen LogP contribution >= 0.6 is 11.6 Å². The molecule has 0 unspecified atom stereocenters. The molecule has 0 N–H and O–H groups in total. The largest absolute Gasteiger partial charge is 0.573 e. The minimum absolute atomic E-state index is 0.136. The maximum atomic E-state index is 12.1. The highest BCUT2D eigenvalue weighted by molar-refractivity contribution is 6.17. The number of nitro groups is 1. The molecule has 0 aliphatic rings. The third kappa shape index (κ3) is 3.45. The van der Waals surface area contributed by atoms with Crippen LogP contribution in [0.2, 0.25) is 0 Å². The van der Waals surface area contributed by atoms with E-state index in [-0.39, 0.29) is 17.1 Å². The maximum Gasteiger partial charge on any atom is 0.573 e. The Kier molecular flexibility index (Phi) is 3.76. The van der Waals surface area contributed by atoms with Crippen molar-refractivity contribution in [3.05, 3.63) is 27.4 Å². The zero-order valence-electron chi connectivity index (χ0n) is 8.42. The summed E-state index contributed by atoms with van der Waals surface area (Å²) in [5, 5.41) is 10.6. The zero-order chi connectivity index (χ0) is 13.2. The molecule has 1 aromatic heterocycles. The fraction of sp³-hybridized carbons (Fsp3) is 0.375. The molecule has 0 bridgehead atoms. The summed E-state index contributed by atoms with van der Waals surface area (Å²) >= 11 is 5.41. The van der Waals surface area contributed by atoms with Crippen LogP contribution in [0.1, 0.15) is 11.3 Å². The van der Waals surface area contributed by atoms with E-state index in [0.717, 1.165) is 0 Å². The van der Waals surface area contributed by atoms with Gasteiger partial charge in [0.15, 0.2) is 5.69 Å². The lowest BCUT2D eigenvalue weighted by Gasteiger charge is -2.11. The molecule has 0 fully saturated rings. The SMILES string of the molecule is Cc1cc(CCl)c(OC(F)(F)F)c([N+](=O)[O-])n1. The van der Waals surface area contributed by atoms with Crippen molar-refractivity contribution in [1.29, 1.82) is 0 Å². The van der Waals surface area contributed by atoms with Crippen LogP contribution in [0.15, 0.2) is 6.07 Å². The van der Waals surface area contributed by atoms with Gasteiger partial charge in [-0.05, 0) is 16.0 Å². The Labute approximate surface area is 98.3 Å². The summed E-state index contributed by atoms with van der Waals surface area (Å²) < 4.78 is 39.8. The average molecular weight is 271 g/mol. The predicted octanol–water partition coefficient (Wildman–Crippen LogP) is 2.94. The number of hydrogen-bond acceptors (Lipinski definition) is 4. The molecule has 1 rings (SSSR count). The molecule has 0 radical (unpaired) electrons. The molecule has 17 heavy (non-hydrogen) atoms. The van der Waals surface area contributed by atoms with Gasteiger partial charge in [-0.2, -0.15) is 0 Å². The van der Waals surface area contributed by atoms with Crippen molar-refractivity contribution in [2.75, 3.05) is 0 Å². The number of hydrogen-bond donors (Lipinski definition) is 0. The molecule has 9 heteroatoms. The van der Waals surface area contributed by atoms with Gasteiger partial charge in [-0.25, -0.2) is 0 Å². The van der Waals surface area contributed by atoms with Crippen molar-refractivity contribution in [2.24, 2.45) is 0 Å². The number of pyridine rings is 1. The minimum Gasteiger partial charge on any atom is -0.396 e. The highest BCUT2D eigenvalue weighted by Gasteiger charge is 2.36. The maximum absolute atomic E-state index is 12.1. The Bertz CT molecular complexity index is 450. The second-order valence-electron chi connectivity index (χ2n) is 3.01. The van der Waals surface area contributed by atoms with Gasteiger partial charge in [0, 0.05) is 12.5 Å². The normalized spacial score (nSPS) is 11.4. The monoisotopic (exact) mass is 270 g/mol. The van der Waals surface area contributed by atoms with E-state index in [9.17, 15) is 23.3 Å². The van der Waals surface area contributed by atoms with E-state index < -0.39 is 22.9 Å². The van der Waals surface area contributed by atoms with Crippen LogP contribution in [0.3, 0.4) is 0 Å². The molecule has 0 spiro atoms. The number of alkyl halides is 4. The van der Waals surface area contributed by atoms with E-state index in [2.05, 4.69) is 9.72 Å². The second-order valence-corrected chi connectivity index (χ2v) is 3.28. The van der Waals surface area contributed by atoms with Crippen LogP contribution in [-0.4, -0.2) is 16.3 Å². The highest BCUT2D eigenvalue weighted by Crippen LogP contribution is 2.35. The topological polar surface area (TPSA) is 65.3 Å². The number of rotatable bonds is 3. The summed E-state index contributed by atoms with van der Waals surface area (Å²) in [5.74, 6) is -2.32. The summed E-state index contributed by atoms with van der Waals surface area (Å²) in [7, 11) is 0. The first-order valence-electron chi connectivity index (χ1n) is 4.21. The molecule has 0 aliphatic heterocycles. The predicted molar refractivity (Wildman–Crippen MR) is 51.9 cm³/mol. The highest BCUT2D eigenvalue weighted by atomic mass is 35.5. The van der Waals surface area contributed by atoms with Crippen LogP contribution < -0.4 is 4.74 Å². The van der Waals surface area contributed by atoms with Crippen molar-refractivity contribution in [3.8, 4) is 5.75 Å². The minimum atomic E-state index is -5.04. The van der Waals surface area contributed by atoms with Crippen LogP contribution in [0, 0.1) is 17.0 Å². The molecule has 0 saturated heterocycles. The van der Waals surface area contributed by atoms with E-state index >= 15 is 0 Å². The van der Waals surface area contributed by atoms with Crippen LogP contribution in [0.4, 0.5) is 19.0 Å². The van der Waals surface area contributed by atoms with Gasteiger partial charge in [-0.15, -0.1) is 24.8 Å². The van der Waals surface area contributed by atoms with E-state index in [1.165, 1.54) is 13.0 Å². The molecule has 0 atom stereocenters. The standard InChI is InChI=1S/C8H6ClF3N2O3/c1-4-2-5(3-9)6(17-8(10,11)12)7(13-4)14(15)16/h2H,3H2,1H3. The van der Waals surface area contributed by atoms with E-state index in [1.807, 2.05) is 0 Å². The Morgan fingerprint density at radius 1 is 1.59 bits per heavy atom. The number of aryl methyl sites for hydroxylation is 1. The molecule has 0 aliphatic carbocycles. The van der Waals surface area contributed by atoms with Gasteiger partial charge >= 0.3 is 12.2 Å². The molecular weight excluding hydrogens is 265 g/mol. The number of ether oxygens (including phenoxy) is 1. The lowest BCUT2D eigenvalue weighted by atomic mass is 10.2. The van der Waals surface area contributed by atoms with Gasteiger partial charge in [-0.1, -0.05) is 0 Å². The van der Waals surface area contributed by atoms with Gasteiger partial charge in [0.05, 0.1) is 5.88 Å². The lowest BCUT2D eigenvalue weighted by Crippen LogP contribution is -2.19. The molecule has 1 aromatic rings. The van der Waals surface area contributed by atoms with Gasteiger partial charge < -0.3 is 14.9 Å². The fourth-order valence-electron chi connectivity index (χ4n) is 1.16. The van der Waals surface area contributed by atoms with Crippen LogP contribution in [0.25, 0.3) is 0 Å². The Morgan fingerprint density at radius 2 is 2.18 bits per heavy atom. The molecule has 94 valence electrons. The summed E-state index contributed by atoms with van der Waals surface area (Å²) in [5.41, 5.74) is 0.0464. The van der Waals surface area contributed by atoms with Gasteiger partial charge in [0.1, 0.15) is 0 Å².